The molecule has 0 aliphatic heterocycles. The van der Waals surface area contributed by atoms with Crippen molar-refractivity contribution in [1.29, 1.82) is 0 Å². The van der Waals surface area contributed by atoms with Crippen LogP contribution in [0, 0.1) is 5.92 Å². The van der Waals surface area contributed by atoms with Crippen molar-refractivity contribution in [3.63, 3.8) is 0 Å². The molecule has 3 nitrogen and oxygen atoms in total. The molecule has 2 aromatic rings. The van der Waals surface area contributed by atoms with E-state index in [1.807, 2.05) is 30.3 Å². The first-order chi connectivity index (χ1) is 9.32. The Balaban J connectivity index is 2.05. The molecule has 100 valence electrons. The summed E-state index contributed by atoms with van der Waals surface area (Å²) < 4.78 is 5.45. The first kappa shape index (κ1) is 12.4. The molecule has 1 heterocycles. The highest BCUT2D eigenvalue weighted by molar-refractivity contribution is 5.29. The molecule has 0 amide bonds. The fourth-order valence-electron chi connectivity index (χ4n) is 3.16. The molecule has 1 fully saturated rings. The fraction of sp³-hybridized carbons (Fsp3) is 0.438. The number of oxazole rings is 1. The molecule has 0 spiro atoms. The third-order valence-corrected chi connectivity index (χ3v) is 4.17. The average Bonchev–Trinajstić information content (AvgIpc) is 3.03. The van der Waals surface area contributed by atoms with Gasteiger partial charge >= 0.3 is 0 Å². The summed E-state index contributed by atoms with van der Waals surface area (Å²) >= 11 is 0. The maximum Gasteiger partial charge on any atom is 0.231 e. The maximum absolute atomic E-state index is 11.3. The molecule has 1 aromatic carbocycles. The van der Waals surface area contributed by atoms with E-state index in [0.29, 0.717) is 5.89 Å². The van der Waals surface area contributed by atoms with Crippen LogP contribution in [0.25, 0.3) is 0 Å². The van der Waals surface area contributed by atoms with Crippen LogP contribution in [0.15, 0.2) is 47.2 Å². The lowest BCUT2D eigenvalue weighted by molar-refractivity contribution is -0.0231. The van der Waals surface area contributed by atoms with E-state index >= 15 is 0 Å². The van der Waals surface area contributed by atoms with E-state index in [4.69, 9.17) is 4.42 Å². The molecule has 1 aromatic heterocycles. The highest BCUT2D eigenvalue weighted by atomic mass is 16.4. The molecular weight excluding hydrogens is 238 g/mol. The Morgan fingerprint density at radius 3 is 2.47 bits per heavy atom. The van der Waals surface area contributed by atoms with Gasteiger partial charge in [-0.1, -0.05) is 49.6 Å². The summed E-state index contributed by atoms with van der Waals surface area (Å²) in [6.45, 7) is 0. The molecule has 1 saturated carbocycles. The smallest absolute Gasteiger partial charge is 0.231 e. The van der Waals surface area contributed by atoms with Gasteiger partial charge in [0.1, 0.15) is 6.26 Å². The second kappa shape index (κ2) is 5.17. The van der Waals surface area contributed by atoms with E-state index in [1.165, 1.54) is 25.5 Å². The Labute approximate surface area is 113 Å². The van der Waals surface area contributed by atoms with Gasteiger partial charge in [-0.3, -0.25) is 0 Å². The molecule has 3 heteroatoms. The summed E-state index contributed by atoms with van der Waals surface area (Å²) in [5, 5.41) is 11.3. The number of rotatable bonds is 3. The van der Waals surface area contributed by atoms with E-state index in [0.717, 1.165) is 18.4 Å². The zero-order chi connectivity index (χ0) is 13.1. The molecule has 1 atom stereocenters. The lowest BCUT2D eigenvalue weighted by atomic mass is 9.73. The first-order valence-electron chi connectivity index (χ1n) is 6.99. The van der Waals surface area contributed by atoms with Crippen molar-refractivity contribution in [3.05, 3.63) is 54.2 Å². The Hall–Kier alpha value is -1.61. The van der Waals surface area contributed by atoms with Gasteiger partial charge in [0, 0.05) is 5.92 Å². The maximum atomic E-state index is 11.3. The van der Waals surface area contributed by atoms with Crippen molar-refractivity contribution in [2.45, 2.75) is 37.7 Å². The van der Waals surface area contributed by atoms with Gasteiger partial charge in [0.05, 0.1) is 6.20 Å². The summed E-state index contributed by atoms with van der Waals surface area (Å²) in [6, 6.07) is 9.77. The van der Waals surface area contributed by atoms with Gasteiger partial charge in [-0.25, -0.2) is 4.98 Å². The third kappa shape index (κ3) is 2.19. The van der Waals surface area contributed by atoms with Gasteiger partial charge in [-0.2, -0.15) is 0 Å². The SMILES string of the molecule is O[C@](c1ccccc1)(c1ncco1)C1CCCCC1. The minimum absolute atomic E-state index is 0.183. The fourth-order valence-corrected chi connectivity index (χ4v) is 3.16. The van der Waals surface area contributed by atoms with Crippen molar-refractivity contribution in [1.82, 2.24) is 4.98 Å². The van der Waals surface area contributed by atoms with Crippen LogP contribution in [0.4, 0.5) is 0 Å². The number of hydrogen-bond donors (Lipinski definition) is 1. The Morgan fingerprint density at radius 1 is 1.11 bits per heavy atom. The van der Waals surface area contributed by atoms with Crippen molar-refractivity contribution >= 4 is 0 Å². The van der Waals surface area contributed by atoms with Gasteiger partial charge in [0.25, 0.3) is 0 Å². The molecule has 0 bridgehead atoms. The molecule has 3 rings (SSSR count). The van der Waals surface area contributed by atoms with Crippen molar-refractivity contribution in [2.24, 2.45) is 5.92 Å². The molecule has 1 aliphatic carbocycles. The normalized spacial score (nSPS) is 20.1. The first-order valence-corrected chi connectivity index (χ1v) is 6.99. The van der Waals surface area contributed by atoms with E-state index in [9.17, 15) is 5.11 Å². The van der Waals surface area contributed by atoms with Crippen molar-refractivity contribution < 1.29 is 9.52 Å². The van der Waals surface area contributed by atoms with Crippen LogP contribution in [0.2, 0.25) is 0 Å². The highest BCUT2D eigenvalue weighted by Crippen LogP contribution is 2.43. The van der Waals surface area contributed by atoms with Crippen LogP contribution in [0.1, 0.15) is 43.6 Å². The molecule has 0 saturated heterocycles. The zero-order valence-corrected chi connectivity index (χ0v) is 11.0. The molecular formula is C16H19NO2. The van der Waals surface area contributed by atoms with Gasteiger partial charge in [0.15, 0.2) is 5.60 Å². The second-order valence-electron chi connectivity index (χ2n) is 5.30. The number of hydrogen-bond acceptors (Lipinski definition) is 3. The summed E-state index contributed by atoms with van der Waals surface area (Å²) in [7, 11) is 0. The van der Waals surface area contributed by atoms with Crippen molar-refractivity contribution in [2.75, 3.05) is 0 Å². The Bertz CT molecular complexity index is 503. The van der Waals surface area contributed by atoms with Crippen molar-refractivity contribution in [3.8, 4) is 0 Å². The van der Waals surface area contributed by atoms with E-state index < -0.39 is 5.60 Å². The van der Waals surface area contributed by atoms with E-state index in [-0.39, 0.29) is 5.92 Å². The average molecular weight is 257 g/mol. The second-order valence-corrected chi connectivity index (χ2v) is 5.30. The Morgan fingerprint density at radius 2 is 1.84 bits per heavy atom. The standard InChI is InChI=1S/C16H19NO2/c18-16(15-17-11-12-19-15,13-7-3-1-4-8-13)14-9-5-2-6-10-14/h1,3-4,7-8,11-12,14,18H,2,5-6,9-10H2/t16-/m0/s1. The van der Waals surface area contributed by atoms with Gasteiger partial charge < -0.3 is 9.52 Å². The summed E-state index contributed by atoms with van der Waals surface area (Å²) in [4.78, 5) is 4.22. The summed E-state index contributed by atoms with van der Waals surface area (Å²) in [5.74, 6) is 0.605. The topological polar surface area (TPSA) is 46.3 Å². The third-order valence-electron chi connectivity index (χ3n) is 4.17. The Kier molecular flexibility index (Phi) is 3.38. The summed E-state index contributed by atoms with van der Waals surface area (Å²) in [5.41, 5.74) is -0.213. The minimum atomic E-state index is -1.09. The molecule has 0 radical (unpaired) electrons. The quantitative estimate of drug-likeness (QED) is 0.915. The van der Waals surface area contributed by atoms with E-state index in [1.54, 1.807) is 6.20 Å². The number of nitrogens with zero attached hydrogens (tertiary/aromatic N) is 1. The van der Waals surface area contributed by atoms with Gasteiger partial charge in [-0.15, -0.1) is 0 Å². The lowest BCUT2D eigenvalue weighted by Crippen LogP contribution is -2.38. The highest BCUT2D eigenvalue weighted by Gasteiger charge is 2.44. The number of aliphatic hydroxyl groups is 1. The van der Waals surface area contributed by atoms with Gasteiger partial charge in [-0.05, 0) is 18.4 Å². The summed E-state index contributed by atoms with van der Waals surface area (Å²) in [6.07, 6.45) is 8.77. The van der Waals surface area contributed by atoms with Crippen LogP contribution in [0.5, 0.6) is 0 Å². The lowest BCUT2D eigenvalue weighted by Gasteiger charge is -2.36. The van der Waals surface area contributed by atoms with Crippen LogP contribution in [0.3, 0.4) is 0 Å². The molecule has 1 N–H and O–H groups in total. The van der Waals surface area contributed by atoms with Crippen LogP contribution >= 0.6 is 0 Å². The molecule has 0 unspecified atom stereocenters. The molecule has 1 aliphatic rings. The number of aromatic nitrogens is 1. The van der Waals surface area contributed by atoms with Crippen LogP contribution in [-0.2, 0) is 5.60 Å². The van der Waals surface area contributed by atoms with Crippen LogP contribution < -0.4 is 0 Å². The predicted molar refractivity (Wildman–Crippen MR) is 72.5 cm³/mol. The largest absolute Gasteiger partial charge is 0.446 e. The van der Waals surface area contributed by atoms with Gasteiger partial charge in [0.2, 0.25) is 5.89 Å². The molecule has 19 heavy (non-hydrogen) atoms. The zero-order valence-electron chi connectivity index (χ0n) is 11.0. The number of benzene rings is 1. The monoisotopic (exact) mass is 257 g/mol. The predicted octanol–water partition coefficient (Wildman–Crippen LogP) is 3.49. The van der Waals surface area contributed by atoms with E-state index in [2.05, 4.69) is 4.98 Å². The van der Waals surface area contributed by atoms with Crippen LogP contribution in [-0.4, -0.2) is 10.1 Å². The minimum Gasteiger partial charge on any atom is -0.446 e.